The van der Waals surface area contributed by atoms with Crippen molar-refractivity contribution in [1.29, 1.82) is 0 Å². The van der Waals surface area contributed by atoms with E-state index < -0.39 is 0 Å². The lowest BCUT2D eigenvalue weighted by Crippen LogP contribution is -2.37. The molecule has 0 bridgehead atoms. The molecular formula is C16H32N2O2. The normalized spacial score (nSPS) is 23.2. The zero-order valence-corrected chi connectivity index (χ0v) is 13.5. The van der Waals surface area contributed by atoms with Gasteiger partial charge < -0.3 is 19.7 Å². The van der Waals surface area contributed by atoms with Crippen LogP contribution < -0.4 is 5.32 Å². The van der Waals surface area contributed by atoms with E-state index >= 15 is 0 Å². The molecular weight excluding hydrogens is 252 g/mol. The van der Waals surface area contributed by atoms with Crippen molar-refractivity contribution in [3.8, 4) is 0 Å². The SMILES string of the molecule is CC(C)NCCN(C)CCC1CCC2(CC1)OCCO2. The molecule has 2 rings (SSSR count). The predicted molar refractivity (Wildman–Crippen MR) is 81.8 cm³/mol. The minimum absolute atomic E-state index is 0.191. The van der Waals surface area contributed by atoms with E-state index in [9.17, 15) is 0 Å². The van der Waals surface area contributed by atoms with Gasteiger partial charge in [-0.15, -0.1) is 0 Å². The molecule has 0 aromatic rings. The molecule has 0 aromatic carbocycles. The highest BCUT2D eigenvalue weighted by molar-refractivity contribution is 4.82. The Hall–Kier alpha value is -0.160. The average molecular weight is 284 g/mol. The van der Waals surface area contributed by atoms with Crippen molar-refractivity contribution in [2.24, 2.45) is 5.92 Å². The topological polar surface area (TPSA) is 33.7 Å². The second-order valence-corrected chi connectivity index (χ2v) is 6.75. The Morgan fingerprint density at radius 1 is 1.15 bits per heavy atom. The third kappa shape index (κ3) is 4.99. The van der Waals surface area contributed by atoms with Crippen LogP contribution in [0.15, 0.2) is 0 Å². The van der Waals surface area contributed by atoms with Gasteiger partial charge in [-0.25, -0.2) is 0 Å². The summed E-state index contributed by atoms with van der Waals surface area (Å²) in [6.45, 7) is 9.41. The van der Waals surface area contributed by atoms with Gasteiger partial charge in [-0.05, 0) is 38.8 Å². The Labute approximate surface area is 124 Å². The summed E-state index contributed by atoms with van der Waals surface area (Å²) in [4.78, 5) is 2.45. The number of ether oxygens (including phenoxy) is 2. The summed E-state index contributed by atoms with van der Waals surface area (Å²) in [5, 5.41) is 3.47. The maximum absolute atomic E-state index is 5.79. The van der Waals surface area contributed by atoms with Crippen LogP contribution in [0.5, 0.6) is 0 Å². The van der Waals surface area contributed by atoms with Crippen LogP contribution in [0.3, 0.4) is 0 Å². The molecule has 118 valence electrons. The van der Waals surface area contributed by atoms with Crippen LogP contribution in [-0.4, -0.2) is 56.6 Å². The summed E-state index contributed by atoms with van der Waals surface area (Å²) in [6, 6.07) is 0.587. The van der Waals surface area contributed by atoms with Gasteiger partial charge in [0.05, 0.1) is 13.2 Å². The van der Waals surface area contributed by atoms with E-state index in [2.05, 4.69) is 31.1 Å². The number of nitrogens with one attached hydrogen (secondary N) is 1. The molecule has 0 atom stereocenters. The minimum Gasteiger partial charge on any atom is -0.348 e. The molecule has 1 aliphatic heterocycles. The van der Waals surface area contributed by atoms with Gasteiger partial charge >= 0.3 is 0 Å². The smallest absolute Gasteiger partial charge is 0.168 e. The van der Waals surface area contributed by atoms with Crippen LogP contribution >= 0.6 is 0 Å². The van der Waals surface area contributed by atoms with Crippen molar-refractivity contribution >= 4 is 0 Å². The first-order valence-corrected chi connectivity index (χ1v) is 8.29. The van der Waals surface area contributed by atoms with Gasteiger partial charge in [-0.2, -0.15) is 0 Å². The van der Waals surface area contributed by atoms with Gasteiger partial charge in [-0.1, -0.05) is 13.8 Å². The summed E-state index contributed by atoms with van der Waals surface area (Å²) in [7, 11) is 2.23. The molecule has 4 nitrogen and oxygen atoms in total. The summed E-state index contributed by atoms with van der Waals surface area (Å²) in [5.41, 5.74) is 0. The van der Waals surface area contributed by atoms with E-state index in [-0.39, 0.29) is 5.79 Å². The molecule has 0 radical (unpaired) electrons. The standard InChI is InChI=1S/C16H32N2O2/c1-14(2)17-9-11-18(3)10-6-15-4-7-16(8-5-15)19-12-13-20-16/h14-15,17H,4-13H2,1-3H3. The summed E-state index contributed by atoms with van der Waals surface area (Å²) in [6.07, 6.45) is 6.02. The van der Waals surface area contributed by atoms with E-state index in [1.54, 1.807) is 0 Å². The Morgan fingerprint density at radius 2 is 1.80 bits per heavy atom. The minimum atomic E-state index is -0.191. The van der Waals surface area contributed by atoms with E-state index in [4.69, 9.17) is 9.47 Å². The molecule has 1 aliphatic carbocycles. The van der Waals surface area contributed by atoms with Crippen LogP contribution in [0.2, 0.25) is 0 Å². The lowest BCUT2D eigenvalue weighted by atomic mass is 9.83. The average Bonchev–Trinajstić information content (AvgIpc) is 2.86. The van der Waals surface area contributed by atoms with Crippen molar-refractivity contribution in [1.82, 2.24) is 10.2 Å². The lowest BCUT2D eigenvalue weighted by Gasteiger charge is -2.35. The molecule has 1 saturated heterocycles. The second kappa shape index (κ2) is 7.74. The lowest BCUT2D eigenvalue weighted by molar-refractivity contribution is -0.182. The molecule has 20 heavy (non-hydrogen) atoms. The Balaban J connectivity index is 1.56. The first-order valence-electron chi connectivity index (χ1n) is 8.29. The van der Waals surface area contributed by atoms with Crippen LogP contribution in [0.4, 0.5) is 0 Å². The van der Waals surface area contributed by atoms with Crippen LogP contribution in [0.1, 0.15) is 46.0 Å². The number of hydrogen-bond donors (Lipinski definition) is 1. The van der Waals surface area contributed by atoms with Crippen LogP contribution in [0.25, 0.3) is 0 Å². The zero-order chi connectivity index (χ0) is 14.4. The van der Waals surface area contributed by atoms with Crippen molar-refractivity contribution in [2.45, 2.75) is 57.8 Å². The maximum atomic E-state index is 5.79. The monoisotopic (exact) mass is 284 g/mol. The number of likely N-dealkylation sites (N-methyl/N-ethyl adjacent to an activating group) is 1. The number of hydrogen-bond acceptors (Lipinski definition) is 4. The molecule has 1 spiro atoms. The fraction of sp³-hybridized carbons (Fsp3) is 1.00. The van der Waals surface area contributed by atoms with E-state index in [1.807, 2.05) is 0 Å². The Kier molecular flexibility index (Phi) is 6.27. The Bertz CT molecular complexity index is 268. The molecule has 4 heteroatoms. The largest absolute Gasteiger partial charge is 0.348 e. The molecule has 1 N–H and O–H groups in total. The maximum Gasteiger partial charge on any atom is 0.168 e. The van der Waals surface area contributed by atoms with Gasteiger partial charge in [0.2, 0.25) is 0 Å². The van der Waals surface area contributed by atoms with Gasteiger partial charge in [0.1, 0.15) is 0 Å². The quantitative estimate of drug-likeness (QED) is 0.777. The fourth-order valence-corrected chi connectivity index (χ4v) is 3.25. The van der Waals surface area contributed by atoms with Crippen molar-refractivity contribution in [2.75, 3.05) is 39.9 Å². The van der Waals surface area contributed by atoms with Crippen LogP contribution in [0, 0.1) is 5.92 Å². The zero-order valence-electron chi connectivity index (χ0n) is 13.5. The third-order valence-corrected chi connectivity index (χ3v) is 4.65. The number of nitrogens with zero attached hydrogens (tertiary/aromatic N) is 1. The predicted octanol–water partition coefficient (Wildman–Crippen LogP) is 2.24. The van der Waals surface area contributed by atoms with Crippen molar-refractivity contribution in [3.05, 3.63) is 0 Å². The van der Waals surface area contributed by atoms with Gasteiger partial charge in [-0.3, -0.25) is 0 Å². The van der Waals surface area contributed by atoms with E-state index in [0.29, 0.717) is 6.04 Å². The molecule has 1 saturated carbocycles. The third-order valence-electron chi connectivity index (χ3n) is 4.65. The molecule has 2 fully saturated rings. The summed E-state index contributed by atoms with van der Waals surface area (Å²) < 4.78 is 11.6. The van der Waals surface area contributed by atoms with Crippen molar-refractivity contribution in [3.63, 3.8) is 0 Å². The van der Waals surface area contributed by atoms with E-state index in [1.165, 1.54) is 25.8 Å². The molecule has 1 heterocycles. The van der Waals surface area contributed by atoms with Crippen molar-refractivity contribution < 1.29 is 9.47 Å². The molecule has 0 amide bonds. The highest BCUT2D eigenvalue weighted by Gasteiger charge is 2.39. The molecule has 2 aliphatic rings. The van der Waals surface area contributed by atoms with Gasteiger partial charge in [0, 0.05) is 32.0 Å². The first kappa shape index (κ1) is 16.2. The Morgan fingerprint density at radius 3 is 2.40 bits per heavy atom. The second-order valence-electron chi connectivity index (χ2n) is 6.75. The van der Waals surface area contributed by atoms with Crippen LogP contribution in [-0.2, 0) is 9.47 Å². The fourth-order valence-electron chi connectivity index (χ4n) is 3.25. The highest BCUT2D eigenvalue weighted by atomic mass is 16.7. The highest BCUT2D eigenvalue weighted by Crippen LogP contribution is 2.39. The first-order chi connectivity index (χ1) is 9.60. The van der Waals surface area contributed by atoms with Gasteiger partial charge in [0.15, 0.2) is 5.79 Å². The number of rotatable bonds is 7. The molecule has 0 unspecified atom stereocenters. The van der Waals surface area contributed by atoms with E-state index in [0.717, 1.165) is 45.1 Å². The van der Waals surface area contributed by atoms with Gasteiger partial charge in [0.25, 0.3) is 0 Å². The summed E-state index contributed by atoms with van der Waals surface area (Å²) in [5.74, 6) is 0.665. The summed E-state index contributed by atoms with van der Waals surface area (Å²) >= 11 is 0. The molecule has 0 aromatic heterocycles.